The van der Waals surface area contributed by atoms with E-state index in [2.05, 4.69) is 41.5 Å². The first-order valence-corrected chi connectivity index (χ1v) is 6.76. The Morgan fingerprint density at radius 2 is 1.78 bits per heavy atom. The van der Waals surface area contributed by atoms with Crippen LogP contribution in [0.25, 0.3) is 0 Å². The van der Waals surface area contributed by atoms with Crippen molar-refractivity contribution in [2.45, 2.75) is 32.0 Å². The molecule has 100 valence electrons. The number of piperidine rings is 1. The molecule has 1 aromatic carbocycles. The van der Waals surface area contributed by atoms with Crippen LogP contribution in [-0.4, -0.2) is 38.2 Å². The summed E-state index contributed by atoms with van der Waals surface area (Å²) in [5, 5.41) is 3.65. The molecular formula is C15H24N2O. The number of methoxy groups -OCH3 is 1. The summed E-state index contributed by atoms with van der Waals surface area (Å²) in [6.07, 6.45) is 2.52. The largest absolute Gasteiger partial charge is 0.380 e. The van der Waals surface area contributed by atoms with E-state index in [0.717, 1.165) is 6.54 Å². The van der Waals surface area contributed by atoms with Crippen LogP contribution in [0, 0.1) is 0 Å². The molecule has 0 aromatic heterocycles. The van der Waals surface area contributed by atoms with Crippen LogP contribution < -0.4 is 5.32 Å². The molecule has 1 aliphatic heterocycles. The molecule has 0 spiro atoms. The molecule has 1 aromatic rings. The lowest BCUT2D eigenvalue weighted by Crippen LogP contribution is -2.40. The third-order valence-corrected chi connectivity index (χ3v) is 3.65. The van der Waals surface area contributed by atoms with Crippen molar-refractivity contribution in [3.63, 3.8) is 0 Å². The number of nitrogens with zero attached hydrogens (tertiary/aromatic N) is 1. The number of nitrogens with one attached hydrogen (secondary N) is 1. The maximum Gasteiger partial charge on any atom is 0.0713 e. The van der Waals surface area contributed by atoms with Crippen molar-refractivity contribution in [2.75, 3.05) is 27.2 Å². The topological polar surface area (TPSA) is 24.5 Å². The molecule has 0 aliphatic carbocycles. The second kappa shape index (κ2) is 6.88. The number of hydrogen-bond acceptors (Lipinski definition) is 3. The van der Waals surface area contributed by atoms with Gasteiger partial charge in [0.25, 0.3) is 0 Å². The van der Waals surface area contributed by atoms with Crippen LogP contribution in [0.2, 0.25) is 0 Å². The van der Waals surface area contributed by atoms with Gasteiger partial charge in [0.2, 0.25) is 0 Å². The summed E-state index contributed by atoms with van der Waals surface area (Å²) in [5.41, 5.74) is 2.59. The smallest absolute Gasteiger partial charge is 0.0713 e. The molecule has 0 unspecified atom stereocenters. The van der Waals surface area contributed by atoms with Gasteiger partial charge in [-0.2, -0.15) is 0 Å². The maximum absolute atomic E-state index is 5.11. The maximum atomic E-state index is 5.11. The number of rotatable bonds is 5. The highest BCUT2D eigenvalue weighted by Gasteiger charge is 2.15. The monoisotopic (exact) mass is 248 g/mol. The van der Waals surface area contributed by atoms with E-state index in [1.807, 2.05) is 0 Å². The Morgan fingerprint density at radius 1 is 1.17 bits per heavy atom. The molecular weight excluding hydrogens is 224 g/mol. The first-order chi connectivity index (χ1) is 8.78. The third-order valence-electron chi connectivity index (χ3n) is 3.65. The average molecular weight is 248 g/mol. The zero-order valence-corrected chi connectivity index (χ0v) is 11.5. The van der Waals surface area contributed by atoms with Crippen molar-refractivity contribution < 1.29 is 4.74 Å². The van der Waals surface area contributed by atoms with Gasteiger partial charge >= 0.3 is 0 Å². The fraction of sp³-hybridized carbons (Fsp3) is 0.600. The van der Waals surface area contributed by atoms with Gasteiger partial charge in [0, 0.05) is 19.7 Å². The van der Waals surface area contributed by atoms with Crippen LogP contribution in [-0.2, 0) is 17.9 Å². The molecule has 0 atom stereocenters. The van der Waals surface area contributed by atoms with Gasteiger partial charge in [0.05, 0.1) is 6.61 Å². The van der Waals surface area contributed by atoms with E-state index in [1.54, 1.807) is 7.11 Å². The van der Waals surface area contributed by atoms with E-state index in [-0.39, 0.29) is 0 Å². The molecule has 0 amide bonds. The summed E-state index contributed by atoms with van der Waals surface area (Å²) >= 11 is 0. The Kier molecular flexibility index (Phi) is 5.17. The average Bonchev–Trinajstić information content (AvgIpc) is 2.40. The minimum Gasteiger partial charge on any atom is -0.380 e. The molecule has 0 saturated carbocycles. The van der Waals surface area contributed by atoms with E-state index in [1.165, 1.54) is 37.1 Å². The predicted octanol–water partition coefficient (Wildman–Crippen LogP) is 2.02. The molecule has 0 bridgehead atoms. The van der Waals surface area contributed by atoms with E-state index >= 15 is 0 Å². The number of ether oxygens (including phenoxy) is 1. The minimum atomic E-state index is 0.680. The van der Waals surface area contributed by atoms with Gasteiger partial charge in [-0.1, -0.05) is 24.3 Å². The molecule has 1 heterocycles. The molecule has 18 heavy (non-hydrogen) atoms. The van der Waals surface area contributed by atoms with Crippen LogP contribution >= 0.6 is 0 Å². The second-order valence-electron chi connectivity index (χ2n) is 5.21. The van der Waals surface area contributed by atoms with Gasteiger partial charge in [-0.3, -0.25) is 0 Å². The SMILES string of the molecule is COCc1ccc(CNC2CCN(C)CC2)cc1. The number of likely N-dealkylation sites (tertiary alicyclic amines) is 1. The van der Waals surface area contributed by atoms with Gasteiger partial charge in [-0.05, 0) is 44.1 Å². The van der Waals surface area contributed by atoms with Crippen molar-refractivity contribution in [3.8, 4) is 0 Å². The zero-order valence-electron chi connectivity index (χ0n) is 11.5. The second-order valence-corrected chi connectivity index (χ2v) is 5.21. The summed E-state index contributed by atoms with van der Waals surface area (Å²) < 4.78 is 5.11. The molecule has 3 heteroatoms. The van der Waals surface area contributed by atoms with E-state index in [9.17, 15) is 0 Å². The Bertz CT molecular complexity index is 342. The third kappa shape index (κ3) is 4.09. The fourth-order valence-corrected chi connectivity index (χ4v) is 2.39. The van der Waals surface area contributed by atoms with E-state index in [4.69, 9.17) is 4.74 Å². The lowest BCUT2D eigenvalue weighted by atomic mass is 10.0. The van der Waals surface area contributed by atoms with Gasteiger partial charge < -0.3 is 15.0 Å². The van der Waals surface area contributed by atoms with Gasteiger partial charge in [0.15, 0.2) is 0 Å². The van der Waals surface area contributed by atoms with Crippen LogP contribution in [0.1, 0.15) is 24.0 Å². The van der Waals surface area contributed by atoms with Crippen molar-refractivity contribution >= 4 is 0 Å². The highest BCUT2D eigenvalue weighted by atomic mass is 16.5. The van der Waals surface area contributed by atoms with Crippen LogP contribution in [0.15, 0.2) is 24.3 Å². The lowest BCUT2D eigenvalue weighted by Gasteiger charge is -2.29. The first-order valence-electron chi connectivity index (χ1n) is 6.76. The van der Waals surface area contributed by atoms with Gasteiger partial charge in [-0.15, -0.1) is 0 Å². The molecule has 1 aliphatic rings. The van der Waals surface area contributed by atoms with Crippen molar-refractivity contribution in [3.05, 3.63) is 35.4 Å². The Hall–Kier alpha value is -0.900. The Balaban J connectivity index is 1.76. The molecule has 1 N–H and O–H groups in total. The minimum absolute atomic E-state index is 0.680. The lowest BCUT2D eigenvalue weighted by molar-refractivity contribution is 0.185. The van der Waals surface area contributed by atoms with Crippen LogP contribution in [0.5, 0.6) is 0 Å². The standard InChI is InChI=1S/C15H24N2O/c1-17-9-7-15(8-10-17)16-11-13-3-5-14(6-4-13)12-18-2/h3-6,15-16H,7-12H2,1-2H3. The first kappa shape index (κ1) is 13.5. The normalized spacial score (nSPS) is 18.1. The highest BCUT2D eigenvalue weighted by Crippen LogP contribution is 2.10. The molecule has 3 nitrogen and oxygen atoms in total. The van der Waals surface area contributed by atoms with Crippen molar-refractivity contribution in [1.82, 2.24) is 10.2 Å². The molecule has 1 saturated heterocycles. The summed E-state index contributed by atoms with van der Waals surface area (Å²) in [6.45, 7) is 4.10. The highest BCUT2D eigenvalue weighted by molar-refractivity contribution is 5.22. The van der Waals surface area contributed by atoms with Gasteiger partial charge in [0.1, 0.15) is 0 Å². The van der Waals surface area contributed by atoms with Crippen LogP contribution in [0.4, 0.5) is 0 Å². The quantitative estimate of drug-likeness (QED) is 0.863. The molecule has 1 fully saturated rings. The van der Waals surface area contributed by atoms with Crippen molar-refractivity contribution in [2.24, 2.45) is 0 Å². The van der Waals surface area contributed by atoms with Crippen LogP contribution in [0.3, 0.4) is 0 Å². The summed E-state index contributed by atoms with van der Waals surface area (Å²) in [4.78, 5) is 2.40. The van der Waals surface area contributed by atoms with E-state index < -0.39 is 0 Å². The fourth-order valence-electron chi connectivity index (χ4n) is 2.39. The van der Waals surface area contributed by atoms with E-state index in [0.29, 0.717) is 12.6 Å². The number of benzene rings is 1. The predicted molar refractivity (Wildman–Crippen MR) is 74.5 cm³/mol. The summed E-state index contributed by atoms with van der Waals surface area (Å²) in [5.74, 6) is 0. The molecule has 0 radical (unpaired) electrons. The Morgan fingerprint density at radius 3 is 2.39 bits per heavy atom. The molecule has 2 rings (SSSR count). The summed E-state index contributed by atoms with van der Waals surface area (Å²) in [7, 11) is 3.93. The van der Waals surface area contributed by atoms with Gasteiger partial charge in [-0.25, -0.2) is 0 Å². The summed E-state index contributed by atoms with van der Waals surface area (Å²) in [6, 6.07) is 9.36. The Labute approximate surface area is 110 Å². The number of hydrogen-bond donors (Lipinski definition) is 1. The van der Waals surface area contributed by atoms with Crippen molar-refractivity contribution in [1.29, 1.82) is 0 Å². The zero-order chi connectivity index (χ0) is 12.8.